The van der Waals surface area contributed by atoms with Gasteiger partial charge in [-0.3, -0.25) is 14.5 Å². The van der Waals surface area contributed by atoms with Gasteiger partial charge in [-0.05, 0) is 64.8 Å². The second kappa shape index (κ2) is 9.68. The lowest BCUT2D eigenvalue weighted by atomic mass is 9.85. The van der Waals surface area contributed by atoms with E-state index in [0.29, 0.717) is 30.2 Å². The molecule has 0 spiro atoms. The minimum absolute atomic E-state index is 0.184. The first-order chi connectivity index (χ1) is 16.1. The van der Waals surface area contributed by atoms with Crippen LogP contribution in [-0.4, -0.2) is 50.9 Å². The number of fused-ring (bicyclic) bond motifs is 1. The molecule has 1 aliphatic rings. The van der Waals surface area contributed by atoms with Crippen molar-refractivity contribution in [2.75, 3.05) is 7.05 Å². The van der Waals surface area contributed by atoms with Gasteiger partial charge in [-0.25, -0.2) is 13.8 Å². The molecular formula is C26H37F2N5O2. The van der Waals surface area contributed by atoms with E-state index in [1.54, 1.807) is 0 Å². The van der Waals surface area contributed by atoms with Crippen molar-refractivity contribution in [3.8, 4) is 11.4 Å². The molecule has 9 heteroatoms. The summed E-state index contributed by atoms with van der Waals surface area (Å²) in [7, 11) is 1.97. The van der Waals surface area contributed by atoms with E-state index in [0.717, 1.165) is 18.6 Å². The van der Waals surface area contributed by atoms with Gasteiger partial charge in [0.05, 0.1) is 5.69 Å². The minimum atomic E-state index is -0.975. The Hall–Kier alpha value is -2.81. The number of halogens is 2. The van der Waals surface area contributed by atoms with E-state index in [9.17, 15) is 18.4 Å². The Morgan fingerprint density at radius 1 is 1.11 bits per heavy atom. The first kappa shape index (κ1) is 26.8. The number of hydrogen-bond donors (Lipinski definition) is 2. The van der Waals surface area contributed by atoms with Crippen molar-refractivity contribution in [2.24, 2.45) is 5.41 Å². The molecule has 0 bridgehead atoms. The summed E-state index contributed by atoms with van der Waals surface area (Å²) >= 11 is 0. The number of benzene rings is 1. The number of rotatable bonds is 4. The van der Waals surface area contributed by atoms with Crippen LogP contribution in [0.15, 0.2) is 18.2 Å². The Kier molecular flexibility index (Phi) is 7.41. The van der Waals surface area contributed by atoms with Crippen molar-refractivity contribution in [1.29, 1.82) is 0 Å². The third kappa shape index (κ3) is 6.07. The predicted octanol–water partition coefficient (Wildman–Crippen LogP) is 4.11. The summed E-state index contributed by atoms with van der Waals surface area (Å²) in [6, 6.07) is 3.07. The highest BCUT2D eigenvalue weighted by Gasteiger charge is 2.36. The van der Waals surface area contributed by atoms with Gasteiger partial charge >= 0.3 is 0 Å². The molecule has 1 aromatic carbocycles. The first-order valence-electron chi connectivity index (χ1n) is 12.0. The molecule has 1 aromatic heterocycles. The Morgan fingerprint density at radius 2 is 1.77 bits per heavy atom. The monoisotopic (exact) mass is 489 g/mol. The number of nitrogens with zero attached hydrogens (tertiary/aromatic N) is 3. The van der Waals surface area contributed by atoms with Crippen molar-refractivity contribution in [3.05, 3.63) is 41.2 Å². The van der Waals surface area contributed by atoms with Crippen LogP contribution in [0.2, 0.25) is 0 Å². The average Bonchev–Trinajstić information content (AvgIpc) is 3.00. The molecule has 1 aliphatic heterocycles. The summed E-state index contributed by atoms with van der Waals surface area (Å²) in [4.78, 5) is 33.4. The minimum Gasteiger partial charge on any atom is -0.350 e. The fraction of sp³-hybridized carbons (Fsp3) is 0.577. The zero-order valence-electron chi connectivity index (χ0n) is 21.9. The molecule has 2 atom stereocenters. The maximum Gasteiger partial charge on any atom is 0.272 e. The maximum absolute atomic E-state index is 14.1. The molecule has 3 rings (SSSR count). The van der Waals surface area contributed by atoms with Gasteiger partial charge in [0.15, 0.2) is 17.3 Å². The quantitative estimate of drug-likeness (QED) is 0.678. The Bertz CT molecular complexity index is 1110. The van der Waals surface area contributed by atoms with Gasteiger partial charge in [-0.2, -0.15) is 0 Å². The molecule has 2 heterocycles. The van der Waals surface area contributed by atoms with Gasteiger partial charge in [-0.1, -0.05) is 20.8 Å². The third-order valence-electron chi connectivity index (χ3n) is 6.29. The lowest BCUT2D eigenvalue weighted by molar-refractivity contribution is -0.126. The van der Waals surface area contributed by atoms with Gasteiger partial charge in [0, 0.05) is 30.2 Å². The molecule has 7 nitrogen and oxygen atoms in total. The number of amides is 2. The molecule has 0 radical (unpaired) electrons. The van der Waals surface area contributed by atoms with Crippen LogP contribution in [0.1, 0.15) is 71.1 Å². The molecular weight excluding hydrogens is 452 g/mol. The van der Waals surface area contributed by atoms with Crippen LogP contribution < -0.4 is 10.6 Å². The number of carbonyl (C=O) groups excluding carboxylic acids is 2. The van der Waals surface area contributed by atoms with E-state index in [-0.39, 0.29) is 17.6 Å². The fourth-order valence-corrected chi connectivity index (χ4v) is 4.17. The molecule has 35 heavy (non-hydrogen) atoms. The number of nitrogens with one attached hydrogen (secondary N) is 2. The van der Waals surface area contributed by atoms with E-state index in [2.05, 4.69) is 27.4 Å². The largest absolute Gasteiger partial charge is 0.350 e. The van der Waals surface area contributed by atoms with Crippen LogP contribution in [0, 0.1) is 17.0 Å². The fourth-order valence-electron chi connectivity index (χ4n) is 4.17. The first-order valence-corrected chi connectivity index (χ1v) is 12.0. The van der Waals surface area contributed by atoms with Gasteiger partial charge in [0.25, 0.3) is 5.91 Å². The molecule has 2 amide bonds. The second-order valence-electron chi connectivity index (χ2n) is 11.6. The lowest BCUT2D eigenvalue weighted by Gasteiger charge is -2.33. The normalized spacial score (nSPS) is 17.9. The SMILES string of the molecule is CC1CCn2c(-c3ccc(F)c(F)c3)nc(C(=O)N[C@H](C(=O)NC(C)(C)C)C(C)(C)C)c2CN1C. The van der Waals surface area contributed by atoms with Crippen LogP contribution in [0.5, 0.6) is 0 Å². The van der Waals surface area contributed by atoms with Crippen LogP contribution in [-0.2, 0) is 17.9 Å². The Morgan fingerprint density at radius 3 is 2.34 bits per heavy atom. The van der Waals surface area contributed by atoms with Crippen LogP contribution in [0.25, 0.3) is 11.4 Å². The van der Waals surface area contributed by atoms with E-state index >= 15 is 0 Å². The topological polar surface area (TPSA) is 79.3 Å². The highest BCUT2D eigenvalue weighted by Crippen LogP contribution is 2.29. The van der Waals surface area contributed by atoms with Crippen molar-refractivity contribution < 1.29 is 18.4 Å². The average molecular weight is 490 g/mol. The molecule has 0 fully saturated rings. The third-order valence-corrected chi connectivity index (χ3v) is 6.29. The molecule has 0 saturated carbocycles. The summed E-state index contributed by atoms with van der Waals surface area (Å²) < 4.78 is 29.5. The van der Waals surface area contributed by atoms with Crippen molar-refractivity contribution in [1.82, 2.24) is 25.1 Å². The number of imidazole rings is 1. The highest BCUT2D eigenvalue weighted by atomic mass is 19.2. The van der Waals surface area contributed by atoms with Gasteiger partial charge in [0.1, 0.15) is 11.9 Å². The molecule has 2 N–H and O–H groups in total. The number of carbonyl (C=O) groups is 2. The van der Waals surface area contributed by atoms with Crippen LogP contribution >= 0.6 is 0 Å². The summed E-state index contributed by atoms with van der Waals surface area (Å²) in [5, 5.41) is 5.84. The maximum atomic E-state index is 14.1. The lowest BCUT2D eigenvalue weighted by Crippen LogP contribution is -2.57. The van der Waals surface area contributed by atoms with Crippen molar-refractivity contribution >= 4 is 11.8 Å². The molecule has 1 unspecified atom stereocenters. The van der Waals surface area contributed by atoms with Gasteiger partial charge in [0.2, 0.25) is 5.91 Å². The summed E-state index contributed by atoms with van der Waals surface area (Å²) in [6.45, 7) is 14.4. The summed E-state index contributed by atoms with van der Waals surface area (Å²) in [5.41, 5.74) is 0.228. The predicted molar refractivity (Wildman–Crippen MR) is 132 cm³/mol. The molecule has 0 aliphatic carbocycles. The summed E-state index contributed by atoms with van der Waals surface area (Å²) in [5.74, 6) is -2.28. The van der Waals surface area contributed by atoms with Crippen molar-refractivity contribution in [2.45, 2.75) is 85.6 Å². The van der Waals surface area contributed by atoms with Crippen LogP contribution in [0.3, 0.4) is 0 Å². The van der Waals surface area contributed by atoms with E-state index in [4.69, 9.17) is 0 Å². The number of aromatic nitrogens is 2. The molecule has 2 aromatic rings. The van der Waals surface area contributed by atoms with Gasteiger partial charge < -0.3 is 15.2 Å². The molecule has 192 valence electrons. The standard InChI is InChI=1S/C26H37F2N5O2/c1-15-11-12-33-19(14-32(15)8)20(29-22(33)16-9-10-17(27)18(28)13-16)23(34)30-21(25(2,3)4)24(35)31-26(5,6)7/h9-10,13,15,21H,11-12,14H2,1-8H3,(H,30,34)(H,31,35)/t15?,21-/m1/s1. The zero-order valence-corrected chi connectivity index (χ0v) is 21.9. The number of hydrogen-bond acceptors (Lipinski definition) is 4. The Labute approximate surface area is 206 Å². The smallest absolute Gasteiger partial charge is 0.272 e. The molecule has 0 saturated heterocycles. The van der Waals surface area contributed by atoms with E-state index in [1.807, 2.05) is 53.2 Å². The van der Waals surface area contributed by atoms with E-state index in [1.165, 1.54) is 6.07 Å². The highest BCUT2D eigenvalue weighted by molar-refractivity contribution is 5.98. The van der Waals surface area contributed by atoms with Crippen LogP contribution in [0.4, 0.5) is 8.78 Å². The Balaban J connectivity index is 2.06. The van der Waals surface area contributed by atoms with Crippen molar-refractivity contribution in [3.63, 3.8) is 0 Å². The zero-order chi connectivity index (χ0) is 26.3. The second-order valence-corrected chi connectivity index (χ2v) is 11.6. The van der Waals surface area contributed by atoms with Gasteiger partial charge in [-0.15, -0.1) is 0 Å². The summed E-state index contributed by atoms with van der Waals surface area (Å²) in [6.07, 6.45) is 0.802. The van der Waals surface area contributed by atoms with E-state index < -0.39 is 34.5 Å².